The number of benzene rings is 2. The van der Waals surface area contributed by atoms with Crippen LogP contribution in [0.3, 0.4) is 0 Å². The molecule has 1 aromatic heterocycles. The number of H-pyrrole nitrogens is 1. The first-order valence-corrected chi connectivity index (χ1v) is 9.99. The van der Waals surface area contributed by atoms with E-state index in [-0.39, 0.29) is 24.2 Å². The fraction of sp³-hybridized carbons (Fsp3) is 0.176. The Morgan fingerprint density at radius 2 is 1.96 bits per heavy atom. The summed E-state index contributed by atoms with van der Waals surface area (Å²) in [6.45, 7) is 0.217. The highest BCUT2D eigenvalue weighted by atomic mass is 35.5. The van der Waals surface area contributed by atoms with E-state index in [0.717, 1.165) is 5.56 Å². The third kappa shape index (κ3) is 5.11. The van der Waals surface area contributed by atoms with Gasteiger partial charge in [0.1, 0.15) is 0 Å². The van der Waals surface area contributed by atoms with Gasteiger partial charge in [0.15, 0.2) is 5.58 Å². The van der Waals surface area contributed by atoms with Crippen molar-refractivity contribution >= 4 is 44.3 Å². The minimum Gasteiger partial charge on any atom is -0.408 e. The molecule has 0 radical (unpaired) electrons. The summed E-state index contributed by atoms with van der Waals surface area (Å²) < 4.78 is 31.6. The molecule has 0 aliphatic heterocycles. The summed E-state index contributed by atoms with van der Waals surface area (Å²) in [6, 6.07) is 11.5. The van der Waals surface area contributed by atoms with Gasteiger partial charge in [-0.25, -0.2) is 13.2 Å². The van der Waals surface area contributed by atoms with E-state index < -0.39 is 27.4 Å². The number of aromatic amines is 1. The third-order valence-electron chi connectivity index (χ3n) is 3.73. The number of aromatic nitrogens is 1. The Kier molecular flexibility index (Phi) is 5.52. The first kappa shape index (κ1) is 19.0. The number of fused-ring (bicyclic) bond motifs is 1. The third-order valence-corrected chi connectivity index (χ3v) is 5.38. The van der Waals surface area contributed by atoms with Crippen molar-refractivity contribution in [2.75, 3.05) is 10.5 Å². The minimum absolute atomic E-state index is 0.207. The summed E-state index contributed by atoms with van der Waals surface area (Å²) >= 11 is 6.00. The van der Waals surface area contributed by atoms with Crippen molar-refractivity contribution in [3.63, 3.8) is 0 Å². The Hall–Kier alpha value is -2.78. The maximum absolute atomic E-state index is 12.2. The standard InChI is InChI=1S/C17H16ClN3O5S/c18-13-4-2-1-3-11(13)10-19-16(22)7-8-27(24,25)21-12-5-6-14-15(9-12)26-17(23)20-14/h1-6,9,21H,7-8,10H2,(H,19,22)(H,20,23). The molecule has 0 bridgehead atoms. The van der Waals surface area contributed by atoms with Crippen molar-refractivity contribution in [3.05, 3.63) is 63.6 Å². The molecule has 3 N–H and O–H groups in total. The summed E-state index contributed by atoms with van der Waals surface area (Å²) in [5.74, 6) is -1.43. The largest absolute Gasteiger partial charge is 0.417 e. The maximum Gasteiger partial charge on any atom is 0.417 e. The molecule has 0 fully saturated rings. The molecule has 3 rings (SSSR count). The zero-order valence-electron chi connectivity index (χ0n) is 14.0. The number of rotatable bonds is 7. The summed E-state index contributed by atoms with van der Waals surface area (Å²) in [6.07, 6.45) is -0.207. The van der Waals surface area contributed by atoms with Gasteiger partial charge in [0.25, 0.3) is 0 Å². The predicted molar refractivity (Wildman–Crippen MR) is 102 cm³/mol. The lowest BCUT2D eigenvalue weighted by Crippen LogP contribution is -2.27. The maximum atomic E-state index is 12.2. The molecule has 10 heteroatoms. The van der Waals surface area contributed by atoms with E-state index in [1.807, 2.05) is 0 Å². The molecule has 2 aromatic carbocycles. The minimum atomic E-state index is -3.75. The van der Waals surface area contributed by atoms with Crippen LogP contribution in [0, 0.1) is 0 Å². The second kappa shape index (κ2) is 7.85. The number of oxazole rings is 1. The van der Waals surface area contributed by atoms with Crippen LogP contribution in [0.5, 0.6) is 0 Å². The highest BCUT2D eigenvalue weighted by molar-refractivity contribution is 7.92. The Labute approximate surface area is 159 Å². The smallest absolute Gasteiger partial charge is 0.408 e. The molecule has 0 atom stereocenters. The van der Waals surface area contributed by atoms with E-state index in [1.165, 1.54) is 18.2 Å². The first-order valence-electron chi connectivity index (χ1n) is 7.96. The van der Waals surface area contributed by atoms with Gasteiger partial charge in [0.2, 0.25) is 15.9 Å². The molecule has 27 heavy (non-hydrogen) atoms. The van der Waals surface area contributed by atoms with Gasteiger partial charge in [-0.2, -0.15) is 0 Å². The highest BCUT2D eigenvalue weighted by Gasteiger charge is 2.14. The van der Waals surface area contributed by atoms with Crippen LogP contribution >= 0.6 is 11.6 Å². The van der Waals surface area contributed by atoms with Gasteiger partial charge in [-0.15, -0.1) is 0 Å². The highest BCUT2D eigenvalue weighted by Crippen LogP contribution is 2.18. The summed E-state index contributed by atoms with van der Waals surface area (Å²) in [5.41, 5.74) is 1.68. The van der Waals surface area contributed by atoms with Crippen LogP contribution in [0.1, 0.15) is 12.0 Å². The molecule has 1 amide bonds. The zero-order chi connectivity index (χ0) is 19.4. The monoisotopic (exact) mass is 409 g/mol. The lowest BCUT2D eigenvalue weighted by Gasteiger charge is -2.09. The average Bonchev–Trinajstić information content (AvgIpc) is 2.98. The second-order valence-corrected chi connectivity index (χ2v) is 8.01. The molecule has 8 nitrogen and oxygen atoms in total. The fourth-order valence-corrected chi connectivity index (χ4v) is 3.64. The molecule has 0 aliphatic carbocycles. The molecule has 0 aliphatic rings. The van der Waals surface area contributed by atoms with Gasteiger partial charge < -0.3 is 9.73 Å². The molecule has 3 aromatic rings. The van der Waals surface area contributed by atoms with E-state index in [2.05, 4.69) is 15.0 Å². The van der Waals surface area contributed by atoms with Gasteiger partial charge in [-0.1, -0.05) is 29.8 Å². The van der Waals surface area contributed by atoms with E-state index in [0.29, 0.717) is 10.5 Å². The topological polar surface area (TPSA) is 121 Å². The molecular weight excluding hydrogens is 394 g/mol. The molecule has 0 saturated heterocycles. The number of hydrogen-bond donors (Lipinski definition) is 3. The number of hydrogen-bond acceptors (Lipinski definition) is 5. The molecule has 0 spiro atoms. The van der Waals surface area contributed by atoms with Crippen LogP contribution in [0.25, 0.3) is 11.1 Å². The van der Waals surface area contributed by atoms with Gasteiger partial charge in [0, 0.05) is 24.1 Å². The van der Waals surface area contributed by atoms with Crippen molar-refractivity contribution in [1.29, 1.82) is 0 Å². The lowest BCUT2D eigenvalue weighted by molar-refractivity contribution is -0.120. The van der Waals surface area contributed by atoms with Gasteiger partial charge >= 0.3 is 5.76 Å². The number of carbonyl (C=O) groups is 1. The summed E-state index contributed by atoms with van der Waals surface area (Å²) in [7, 11) is -3.75. The number of amides is 1. The van der Waals surface area contributed by atoms with Gasteiger partial charge in [0.05, 0.1) is 17.0 Å². The molecule has 1 heterocycles. The molecular formula is C17H16ClN3O5S. The number of sulfonamides is 1. The van der Waals surface area contributed by atoms with E-state index in [9.17, 15) is 18.0 Å². The van der Waals surface area contributed by atoms with E-state index >= 15 is 0 Å². The van der Waals surface area contributed by atoms with Crippen LogP contribution in [-0.2, 0) is 21.4 Å². The molecule has 0 saturated carbocycles. The Bertz CT molecular complexity index is 1140. The Morgan fingerprint density at radius 3 is 2.74 bits per heavy atom. The number of nitrogens with one attached hydrogen (secondary N) is 3. The number of anilines is 1. The van der Waals surface area contributed by atoms with E-state index in [4.69, 9.17) is 16.0 Å². The fourth-order valence-electron chi connectivity index (χ4n) is 2.39. The zero-order valence-corrected chi connectivity index (χ0v) is 15.6. The number of carbonyl (C=O) groups excluding carboxylic acids is 1. The first-order chi connectivity index (χ1) is 12.8. The van der Waals surface area contributed by atoms with Crippen molar-refractivity contribution < 1.29 is 17.6 Å². The van der Waals surface area contributed by atoms with Crippen molar-refractivity contribution in [2.24, 2.45) is 0 Å². The summed E-state index contributed by atoms with van der Waals surface area (Å²) in [5, 5.41) is 3.16. The van der Waals surface area contributed by atoms with Crippen LogP contribution < -0.4 is 15.8 Å². The average molecular weight is 410 g/mol. The second-order valence-electron chi connectivity index (χ2n) is 5.76. The van der Waals surface area contributed by atoms with Crippen molar-refractivity contribution in [1.82, 2.24) is 10.3 Å². The molecule has 0 unspecified atom stereocenters. The predicted octanol–water partition coefficient (Wildman–Crippen LogP) is 2.22. The van der Waals surface area contributed by atoms with Crippen molar-refractivity contribution in [2.45, 2.75) is 13.0 Å². The van der Waals surface area contributed by atoms with Crippen LogP contribution in [-0.4, -0.2) is 25.1 Å². The lowest BCUT2D eigenvalue weighted by atomic mass is 10.2. The Morgan fingerprint density at radius 1 is 1.19 bits per heavy atom. The van der Waals surface area contributed by atoms with Crippen LogP contribution in [0.2, 0.25) is 5.02 Å². The normalized spacial score (nSPS) is 11.4. The number of halogens is 1. The Balaban J connectivity index is 1.54. The van der Waals surface area contributed by atoms with Gasteiger partial charge in [-0.3, -0.25) is 14.5 Å². The quantitative estimate of drug-likeness (QED) is 0.552. The van der Waals surface area contributed by atoms with E-state index in [1.54, 1.807) is 24.3 Å². The van der Waals surface area contributed by atoms with Crippen LogP contribution in [0.15, 0.2) is 51.7 Å². The van der Waals surface area contributed by atoms with Gasteiger partial charge in [-0.05, 0) is 23.8 Å². The van der Waals surface area contributed by atoms with Crippen molar-refractivity contribution in [3.8, 4) is 0 Å². The van der Waals surface area contributed by atoms with Crippen LogP contribution in [0.4, 0.5) is 5.69 Å². The summed E-state index contributed by atoms with van der Waals surface area (Å²) in [4.78, 5) is 25.5. The molecule has 142 valence electrons. The SMILES string of the molecule is O=C(CCS(=O)(=O)Nc1ccc2[nH]c(=O)oc2c1)NCc1ccccc1Cl.